The lowest BCUT2D eigenvalue weighted by Gasteiger charge is -2.39. The number of hydrogen-bond donors (Lipinski definition) is 1. The van der Waals surface area contributed by atoms with Crippen LogP contribution in [0.15, 0.2) is 0 Å². The van der Waals surface area contributed by atoms with Gasteiger partial charge in [0.25, 0.3) is 0 Å². The van der Waals surface area contributed by atoms with E-state index in [0.29, 0.717) is 12.3 Å². The van der Waals surface area contributed by atoms with Gasteiger partial charge in [0.15, 0.2) is 5.79 Å². The standard InChI is InChI=1S/C13H28O3/c1-10(2)9-13(8,14)16-15-12(6,7)11(3,4)5/h10,14H,9H2,1-8H3. The van der Waals surface area contributed by atoms with Gasteiger partial charge in [-0.15, -0.1) is 0 Å². The summed E-state index contributed by atoms with van der Waals surface area (Å²) in [5.74, 6) is -0.868. The minimum atomic E-state index is -1.23. The van der Waals surface area contributed by atoms with Crippen LogP contribution in [0.3, 0.4) is 0 Å². The second-order valence-corrected chi connectivity index (χ2v) is 6.70. The molecule has 0 aliphatic carbocycles. The van der Waals surface area contributed by atoms with Gasteiger partial charge >= 0.3 is 0 Å². The van der Waals surface area contributed by atoms with Crippen molar-refractivity contribution in [2.75, 3.05) is 0 Å². The lowest BCUT2D eigenvalue weighted by atomic mass is 9.79. The molecule has 0 heterocycles. The van der Waals surface area contributed by atoms with Gasteiger partial charge in [0, 0.05) is 6.42 Å². The highest BCUT2D eigenvalue weighted by Gasteiger charge is 2.37. The molecule has 0 aliphatic rings. The maximum Gasteiger partial charge on any atom is 0.196 e. The molecule has 1 N–H and O–H groups in total. The molecule has 0 spiro atoms. The summed E-state index contributed by atoms with van der Waals surface area (Å²) in [7, 11) is 0. The average Bonchev–Trinajstić information content (AvgIpc) is 1.96. The highest BCUT2D eigenvalue weighted by atomic mass is 17.2. The molecule has 98 valence electrons. The summed E-state index contributed by atoms with van der Waals surface area (Å²) in [6.07, 6.45) is 0.549. The van der Waals surface area contributed by atoms with Crippen molar-refractivity contribution in [1.29, 1.82) is 0 Å². The Morgan fingerprint density at radius 2 is 1.38 bits per heavy atom. The Labute approximate surface area is 100 Å². The molecular weight excluding hydrogens is 204 g/mol. The Kier molecular flexibility index (Phi) is 4.99. The van der Waals surface area contributed by atoms with Crippen LogP contribution in [-0.4, -0.2) is 16.5 Å². The Bertz CT molecular complexity index is 212. The summed E-state index contributed by atoms with van der Waals surface area (Å²) in [6, 6.07) is 0. The zero-order valence-electron chi connectivity index (χ0n) is 12.0. The van der Waals surface area contributed by atoms with Gasteiger partial charge in [-0.2, -0.15) is 0 Å². The van der Waals surface area contributed by atoms with Crippen LogP contribution in [0, 0.1) is 11.3 Å². The predicted molar refractivity (Wildman–Crippen MR) is 65.8 cm³/mol. The van der Waals surface area contributed by atoms with Crippen LogP contribution >= 0.6 is 0 Å². The zero-order chi connectivity index (χ0) is 13.2. The molecule has 0 aliphatic heterocycles. The average molecular weight is 232 g/mol. The molecule has 0 saturated heterocycles. The molecule has 0 aromatic heterocycles. The van der Waals surface area contributed by atoms with Gasteiger partial charge < -0.3 is 5.11 Å². The van der Waals surface area contributed by atoms with E-state index in [1.54, 1.807) is 6.92 Å². The third kappa shape index (κ3) is 5.28. The van der Waals surface area contributed by atoms with E-state index in [9.17, 15) is 5.11 Å². The highest BCUT2D eigenvalue weighted by Crippen LogP contribution is 2.34. The zero-order valence-corrected chi connectivity index (χ0v) is 12.0. The number of rotatable bonds is 5. The summed E-state index contributed by atoms with van der Waals surface area (Å²) < 4.78 is 0. The van der Waals surface area contributed by atoms with E-state index in [0.717, 1.165) is 0 Å². The molecule has 0 saturated carbocycles. The Morgan fingerprint density at radius 3 is 1.69 bits per heavy atom. The molecule has 0 fully saturated rings. The molecule has 16 heavy (non-hydrogen) atoms. The summed E-state index contributed by atoms with van der Waals surface area (Å²) in [6.45, 7) is 15.8. The topological polar surface area (TPSA) is 38.7 Å². The van der Waals surface area contributed by atoms with E-state index in [1.807, 2.05) is 27.7 Å². The van der Waals surface area contributed by atoms with Crippen LogP contribution in [0.2, 0.25) is 0 Å². The van der Waals surface area contributed by atoms with E-state index >= 15 is 0 Å². The molecule has 0 amide bonds. The second kappa shape index (κ2) is 5.03. The summed E-state index contributed by atoms with van der Waals surface area (Å²) in [5, 5.41) is 9.97. The van der Waals surface area contributed by atoms with Crippen molar-refractivity contribution in [3.05, 3.63) is 0 Å². The summed E-state index contributed by atoms with van der Waals surface area (Å²) >= 11 is 0. The third-order valence-corrected chi connectivity index (χ3v) is 3.02. The maximum absolute atomic E-state index is 9.97. The lowest BCUT2D eigenvalue weighted by Crippen LogP contribution is -2.43. The molecule has 3 heteroatoms. The molecule has 0 rings (SSSR count). The second-order valence-electron chi connectivity index (χ2n) is 6.70. The van der Waals surface area contributed by atoms with Crippen molar-refractivity contribution in [2.24, 2.45) is 11.3 Å². The molecule has 0 bridgehead atoms. The molecular formula is C13H28O3. The van der Waals surface area contributed by atoms with Gasteiger partial charge in [-0.05, 0) is 32.1 Å². The smallest absolute Gasteiger partial charge is 0.196 e. The van der Waals surface area contributed by atoms with Gasteiger partial charge in [0.05, 0.1) is 0 Å². The molecule has 1 atom stereocenters. The van der Waals surface area contributed by atoms with Crippen LogP contribution < -0.4 is 0 Å². The van der Waals surface area contributed by atoms with Crippen molar-refractivity contribution in [1.82, 2.24) is 0 Å². The van der Waals surface area contributed by atoms with Crippen LogP contribution in [0.4, 0.5) is 0 Å². The normalized spacial score (nSPS) is 17.6. The first-order valence-electron chi connectivity index (χ1n) is 5.97. The van der Waals surface area contributed by atoms with E-state index in [4.69, 9.17) is 9.78 Å². The Morgan fingerprint density at radius 1 is 0.938 bits per heavy atom. The molecule has 0 aromatic rings. The van der Waals surface area contributed by atoms with Gasteiger partial charge in [-0.3, -0.25) is 0 Å². The first-order chi connectivity index (χ1) is 6.87. The fourth-order valence-corrected chi connectivity index (χ4v) is 1.11. The minimum absolute atomic E-state index is 0.0547. The van der Waals surface area contributed by atoms with E-state index in [-0.39, 0.29) is 5.41 Å². The quantitative estimate of drug-likeness (QED) is 0.448. The highest BCUT2D eigenvalue weighted by molar-refractivity contribution is 4.82. The predicted octanol–water partition coefficient (Wildman–Crippen LogP) is 3.51. The van der Waals surface area contributed by atoms with E-state index < -0.39 is 11.4 Å². The third-order valence-electron chi connectivity index (χ3n) is 3.02. The van der Waals surface area contributed by atoms with Crippen LogP contribution in [-0.2, 0) is 9.78 Å². The van der Waals surface area contributed by atoms with Crippen molar-refractivity contribution < 1.29 is 14.9 Å². The van der Waals surface area contributed by atoms with E-state index in [2.05, 4.69) is 20.8 Å². The Balaban J connectivity index is 4.34. The first-order valence-corrected chi connectivity index (χ1v) is 5.97. The summed E-state index contributed by atoms with van der Waals surface area (Å²) in [5.41, 5.74) is -0.505. The van der Waals surface area contributed by atoms with Gasteiger partial charge in [-0.25, -0.2) is 9.78 Å². The van der Waals surface area contributed by atoms with E-state index in [1.165, 1.54) is 0 Å². The van der Waals surface area contributed by atoms with Gasteiger partial charge in [0.2, 0.25) is 0 Å². The molecule has 1 unspecified atom stereocenters. The summed E-state index contributed by atoms with van der Waals surface area (Å²) in [4.78, 5) is 10.6. The molecule has 0 aromatic carbocycles. The van der Waals surface area contributed by atoms with Crippen molar-refractivity contribution in [3.8, 4) is 0 Å². The first kappa shape index (κ1) is 15.9. The van der Waals surface area contributed by atoms with Gasteiger partial charge in [0.1, 0.15) is 5.60 Å². The minimum Gasteiger partial charge on any atom is -0.363 e. The largest absolute Gasteiger partial charge is 0.363 e. The van der Waals surface area contributed by atoms with Crippen LogP contribution in [0.25, 0.3) is 0 Å². The van der Waals surface area contributed by atoms with Crippen LogP contribution in [0.5, 0.6) is 0 Å². The monoisotopic (exact) mass is 232 g/mol. The fraction of sp³-hybridized carbons (Fsp3) is 1.00. The van der Waals surface area contributed by atoms with Crippen molar-refractivity contribution >= 4 is 0 Å². The van der Waals surface area contributed by atoms with Crippen LogP contribution in [0.1, 0.15) is 61.8 Å². The number of hydrogen-bond acceptors (Lipinski definition) is 3. The van der Waals surface area contributed by atoms with Crippen molar-refractivity contribution in [3.63, 3.8) is 0 Å². The van der Waals surface area contributed by atoms with Crippen molar-refractivity contribution in [2.45, 2.75) is 73.2 Å². The Hall–Kier alpha value is -0.120. The molecule has 0 radical (unpaired) electrons. The fourth-order valence-electron chi connectivity index (χ4n) is 1.11. The SMILES string of the molecule is CC(C)CC(C)(O)OOC(C)(C)C(C)(C)C. The maximum atomic E-state index is 9.97. The van der Waals surface area contributed by atoms with Gasteiger partial charge in [-0.1, -0.05) is 34.6 Å². The molecule has 3 nitrogen and oxygen atoms in total. The number of aliphatic hydroxyl groups is 1. The lowest BCUT2D eigenvalue weighted by molar-refractivity contribution is -0.463.